The monoisotopic (exact) mass is 343 g/mol. The van der Waals surface area contributed by atoms with Crippen LogP contribution in [0.5, 0.6) is 0 Å². The molecule has 2 heteroatoms. The average molecular weight is 344 g/mol. The maximum absolute atomic E-state index is 6.24. The minimum absolute atomic E-state index is 0.161. The molecule has 122 valence electrons. The second kappa shape index (κ2) is 7.00. The van der Waals surface area contributed by atoms with Crippen LogP contribution >= 0.6 is 11.6 Å². The van der Waals surface area contributed by atoms with E-state index in [-0.39, 0.29) is 5.92 Å². The largest absolute Gasteiger partial charge is 0.361 e. The van der Waals surface area contributed by atoms with Crippen LogP contribution in [0.1, 0.15) is 22.6 Å². The van der Waals surface area contributed by atoms with Crippen LogP contribution in [0.4, 0.5) is 0 Å². The smallest absolute Gasteiger partial charge is 0.0458 e. The summed E-state index contributed by atoms with van der Waals surface area (Å²) in [6.45, 7) is 0. The third-order valence-corrected chi connectivity index (χ3v) is 4.69. The third-order valence-electron chi connectivity index (χ3n) is 4.45. The van der Waals surface area contributed by atoms with Gasteiger partial charge in [0.05, 0.1) is 0 Å². The van der Waals surface area contributed by atoms with Gasteiger partial charge in [0, 0.05) is 28.0 Å². The molecule has 0 fully saturated rings. The lowest BCUT2D eigenvalue weighted by Crippen LogP contribution is -1.96. The highest BCUT2D eigenvalue weighted by atomic mass is 35.5. The molecule has 1 heterocycles. The van der Waals surface area contributed by atoms with Crippen LogP contribution in [0.2, 0.25) is 5.02 Å². The summed E-state index contributed by atoms with van der Waals surface area (Å²) in [4.78, 5) is 3.37. The molecule has 0 bridgehead atoms. The van der Waals surface area contributed by atoms with Crippen LogP contribution in [0.25, 0.3) is 17.0 Å². The van der Waals surface area contributed by atoms with E-state index in [0.29, 0.717) is 0 Å². The Labute approximate surface area is 152 Å². The molecule has 3 aromatic carbocycles. The van der Waals surface area contributed by atoms with E-state index in [4.69, 9.17) is 11.6 Å². The summed E-state index contributed by atoms with van der Waals surface area (Å²) in [7, 11) is 0. The van der Waals surface area contributed by atoms with Crippen molar-refractivity contribution in [2.24, 2.45) is 0 Å². The van der Waals surface area contributed by atoms with Gasteiger partial charge in [-0.15, -0.1) is 0 Å². The number of hydrogen-bond donors (Lipinski definition) is 1. The second-order valence-corrected chi connectivity index (χ2v) is 6.53. The SMILES string of the molecule is Clc1ccc2[nH]cc([C@@H](/C=C/c3ccccc3)c3ccccc3)c2c1. The van der Waals surface area contributed by atoms with E-state index in [9.17, 15) is 0 Å². The number of halogens is 1. The Morgan fingerprint density at radius 2 is 1.56 bits per heavy atom. The quantitative estimate of drug-likeness (QED) is 0.426. The van der Waals surface area contributed by atoms with E-state index in [1.54, 1.807) is 0 Å². The summed E-state index contributed by atoms with van der Waals surface area (Å²) in [5.74, 6) is 0.161. The van der Waals surface area contributed by atoms with Gasteiger partial charge in [0.15, 0.2) is 0 Å². The fourth-order valence-electron chi connectivity index (χ4n) is 3.20. The zero-order chi connectivity index (χ0) is 17.1. The van der Waals surface area contributed by atoms with Gasteiger partial charge in [0.25, 0.3) is 0 Å². The fraction of sp³-hybridized carbons (Fsp3) is 0.0435. The normalized spacial score (nSPS) is 12.7. The molecule has 1 atom stereocenters. The summed E-state index contributed by atoms with van der Waals surface area (Å²) >= 11 is 6.24. The zero-order valence-corrected chi connectivity index (χ0v) is 14.4. The van der Waals surface area contributed by atoms with E-state index in [1.165, 1.54) is 22.1 Å². The molecule has 0 saturated heterocycles. The van der Waals surface area contributed by atoms with Gasteiger partial charge in [-0.2, -0.15) is 0 Å². The Morgan fingerprint density at radius 1 is 0.840 bits per heavy atom. The van der Waals surface area contributed by atoms with E-state index in [2.05, 4.69) is 71.9 Å². The van der Waals surface area contributed by atoms with Gasteiger partial charge in [-0.3, -0.25) is 0 Å². The molecular formula is C23H18ClN. The van der Waals surface area contributed by atoms with Crippen LogP contribution in [0, 0.1) is 0 Å². The Kier molecular flexibility index (Phi) is 4.41. The highest BCUT2D eigenvalue weighted by Crippen LogP contribution is 2.33. The third kappa shape index (κ3) is 3.38. The number of hydrogen-bond acceptors (Lipinski definition) is 0. The first-order valence-electron chi connectivity index (χ1n) is 8.36. The molecule has 0 spiro atoms. The van der Waals surface area contributed by atoms with Gasteiger partial charge in [-0.1, -0.05) is 84.4 Å². The van der Waals surface area contributed by atoms with Gasteiger partial charge in [-0.25, -0.2) is 0 Å². The van der Waals surface area contributed by atoms with E-state index in [1.807, 2.05) is 30.3 Å². The molecule has 25 heavy (non-hydrogen) atoms. The van der Waals surface area contributed by atoms with Crippen LogP contribution in [-0.2, 0) is 0 Å². The molecular weight excluding hydrogens is 326 g/mol. The van der Waals surface area contributed by atoms with Crippen molar-refractivity contribution >= 4 is 28.6 Å². The molecule has 4 aromatic rings. The van der Waals surface area contributed by atoms with Crippen molar-refractivity contribution in [3.05, 3.63) is 113 Å². The summed E-state index contributed by atoms with van der Waals surface area (Å²) in [5.41, 5.74) is 4.79. The maximum Gasteiger partial charge on any atom is 0.0458 e. The number of aromatic amines is 1. The first kappa shape index (κ1) is 15.7. The first-order valence-corrected chi connectivity index (χ1v) is 8.74. The summed E-state index contributed by atoms with van der Waals surface area (Å²) in [6.07, 6.45) is 6.53. The number of fused-ring (bicyclic) bond motifs is 1. The van der Waals surface area contributed by atoms with Gasteiger partial charge >= 0.3 is 0 Å². The second-order valence-electron chi connectivity index (χ2n) is 6.09. The Balaban J connectivity index is 1.82. The highest BCUT2D eigenvalue weighted by Gasteiger charge is 2.15. The number of nitrogens with one attached hydrogen (secondary N) is 1. The standard InChI is InChI=1S/C23H18ClN/c24-19-12-14-23-21(15-19)22(16-25-23)20(18-9-5-2-6-10-18)13-11-17-7-3-1-4-8-17/h1-16,20,25H/b13-11+/t20-/m0/s1. The topological polar surface area (TPSA) is 15.8 Å². The molecule has 0 aliphatic rings. The van der Waals surface area contributed by atoms with Crippen molar-refractivity contribution in [1.82, 2.24) is 4.98 Å². The lowest BCUT2D eigenvalue weighted by molar-refractivity contribution is 1.04. The Bertz CT molecular complexity index is 1000. The lowest BCUT2D eigenvalue weighted by atomic mass is 9.90. The zero-order valence-electron chi connectivity index (χ0n) is 13.7. The number of benzene rings is 3. The molecule has 0 amide bonds. The molecule has 0 unspecified atom stereocenters. The van der Waals surface area contributed by atoms with Gasteiger partial charge in [-0.05, 0) is 34.9 Å². The lowest BCUT2D eigenvalue weighted by Gasteiger charge is -2.13. The van der Waals surface area contributed by atoms with E-state index in [0.717, 1.165) is 10.5 Å². The minimum Gasteiger partial charge on any atom is -0.361 e. The van der Waals surface area contributed by atoms with Crippen molar-refractivity contribution in [2.75, 3.05) is 0 Å². The Hall–Kier alpha value is -2.77. The van der Waals surface area contributed by atoms with E-state index >= 15 is 0 Å². The molecule has 1 N–H and O–H groups in total. The maximum atomic E-state index is 6.24. The number of rotatable bonds is 4. The molecule has 4 rings (SSSR count). The van der Waals surface area contributed by atoms with E-state index < -0.39 is 0 Å². The van der Waals surface area contributed by atoms with Crippen molar-refractivity contribution in [3.63, 3.8) is 0 Å². The predicted molar refractivity (Wildman–Crippen MR) is 107 cm³/mol. The van der Waals surface area contributed by atoms with Crippen molar-refractivity contribution in [2.45, 2.75) is 5.92 Å². The molecule has 1 nitrogen and oxygen atoms in total. The van der Waals surface area contributed by atoms with Gasteiger partial charge < -0.3 is 4.98 Å². The van der Waals surface area contributed by atoms with Crippen molar-refractivity contribution < 1.29 is 0 Å². The number of aromatic nitrogens is 1. The molecule has 0 radical (unpaired) electrons. The van der Waals surface area contributed by atoms with Crippen LogP contribution in [0.15, 0.2) is 91.1 Å². The molecule has 0 aliphatic heterocycles. The first-order chi connectivity index (χ1) is 12.3. The minimum atomic E-state index is 0.161. The van der Waals surface area contributed by atoms with Gasteiger partial charge in [0.1, 0.15) is 0 Å². The van der Waals surface area contributed by atoms with Gasteiger partial charge in [0.2, 0.25) is 0 Å². The number of H-pyrrole nitrogens is 1. The molecule has 0 saturated carbocycles. The summed E-state index contributed by atoms with van der Waals surface area (Å²) < 4.78 is 0. The van der Waals surface area contributed by atoms with Crippen LogP contribution in [-0.4, -0.2) is 4.98 Å². The van der Waals surface area contributed by atoms with Crippen LogP contribution < -0.4 is 0 Å². The average Bonchev–Trinajstić information content (AvgIpc) is 3.07. The van der Waals surface area contributed by atoms with Crippen molar-refractivity contribution in [1.29, 1.82) is 0 Å². The summed E-state index contributed by atoms with van der Waals surface area (Å²) in [5, 5.41) is 1.92. The molecule has 1 aromatic heterocycles. The Morgan fingerprint density at radius 3 is 2.32 bits per heavy atom. The van der Waals surface area contributed by atoms with Crippen LogP contribution in [0.3, 0.4) is 0 Å². The summed E-state index contributed by atoms with van der Waals surface area (Å²) in [6, 6.07) is 26.9. The predicted octanol–water partition coefficient (Wildman–Crippen LogP) is 6.67. The van der Waals surface area contributed by atoms with Crippen molar-refractivity contribution in [3.8, 4) is 0 Å². The molecule has 0 aliphatic carbocycles. The highest BCUT2D eigenvalue weighted by molar-refractivity contribution is 6.31. The number of allylic oxidation sites excluding steroid dienone is 1. The fourth-order valence-corrected chi connectivity index (χ4v) is 3.37.